The Hall–Kier alpha value is -0.480. The van der Waals surface area contributed by atoms with Gasteiger partial charge in [0.2, 0.25) is 0 Å². The molecule has 1 unspecified atom stereocenters. The molecule has 1 aromatic carbocycles. The van der Waals surface area contributed by atoms with Crippen molar-refractivity contribution in [1.82, 2.24) is 0 Å². The highest BCUT2D eigenvalue weighted by Gasteiger charge is 2.25. The third kappa shape index (κ3) is 4.25. The van der Waals surface area contributed by atoms with Gasteiger partial charge in [-0.25, -0.2) is 4.79 Å². The average Bonchev–Trinajstić information content (AvgIpc) is 3.14. The lowest BCUT2D eigenvalue weighted by Crippen LogP contribution is -2.26. The molecule has 1 aliphatic rings. The van der Waals surface area contributed by atoms with Crippen molar-refractivity contribution in [3.8, 4) is 5.75 Å². The lowest BCUT2D eigenvalue weighted by molar-refractivity contribution is -0.146. The summed E-state index contributed by atoms with van der Waals surface area (Å²) in [6, 6.07) is 2.93. The molecule has 0 bridgehead atoms. The van der Waals surface area contributed by atoms with Gasteiger partial charge in [0.25, 0.3) is 0 Å². The second-order valence-electron chi connectivity index (χ2n) is 4.54. The Labute approximate surface area is 126 Å². The lowest BCUT2D eigenvalue weighted by Gasteiger charge is -2.14. The maximum absolute atomic E-state index is 11.8. The van der Waals surface area contributed by atoms with Crippen molar-refractivity contribution in [2.75, 3.05) is 6.61 Å². The summed E-state index contributed by atoms with van der Waals surface area (Å²) in [7, 11) is 0. The van der Waals surface area contributed by atoms with E-state index in [-0.39, 0.29) is 15.8 Å². The molecule has 0 N–H and O–H groups in total. The van der Waals surface area contributed by atoms with Gasteiger partial charge in [0.05, 0.1) is 16.7 Å². The molecule has 0 spiro atoms. The summed E-state index contributed by atoms with van der Waals surface area (Å²) < 4.78 is 10.6. The molecule has 6 heteroatoms. The van der Waals surface area contributed by atoms with E-state index in [9.17, 15) is 4.79 Å². The molecule has 3 nitrogen and oxygen atoms in total. The van der Waals surface area contributed by atoms with Gasteiger partial charge in [-0.05, 0) is 37.8 Å². The van der Waals surface area contributed by atoms with Gasteiger partial charge in [-0.2, -0.15) is 0 Å². The van der Waals surface area contributed by atoms with E-state index >= 15 is 0 Å². The monoisotopic (exact) mass is 322 g/mol. The molecule has 1 fully saturated rings. The fourth-order valence-electron chi connectivity index (χ4n) is 1.44. The van der Waals surface area contributed by atoms with Crippen LogP contribution < -0.4 is 4.74 Å². The summed E-state index contributed by atoms with van der Waals surface area (Å²) in [6.07, 6.45) is 1.68. The lowest BCUT2D eigenvalue weighted by atomic mass is 10.3. The van der Waals surface area contributed by atoms with Crippen LogP contribution in [0, 0.1) is 5.92 Å². The molecular formula is C13H13Cl3O3. The van der Waals surface area contributed by atoms with E-state index in [2.05, 4.69) is 0 Å². The number of benzene rings is 1. The van der Waals surface area contributed by atoms with Crippen LogP contribution in [0.3, 0.4) is 0 Å². The SMILES string of the molecule is CC(OCC1CC1)C(=O)Oc1c(Cl)cc(Cl)cc1Cl. The summed E-state index contributed by atoms with van der Waals surface area (Å²) in [6.45, 7) is 2.22. The van der Waals surface area contributed by atoms with Gasteiger partial charge < -0.3 is 9.47 Å². The van der Waals surface area contributed by atoms with E-state index < -0.39 is 12.1 Å². The fourth-order valence-corrected chi connectivity index (χ4v) is 2.34. The molecule has 104 valence electrons. The van der Waals surface area contributed by atoms with Crippen LogP contribution in [-0.2, 0) is 9.53 Å². The van der Waals surface area contributed by atoms with Crippen LogP contribution in [0.1, 0.15) is 19.8 Å². The van der Waals surface area contributed by atoms with Gasteiger partial charge in [0.1, 0.15) is 0 Å². The van der Waals surface area contributed by atoms with Crippen molar-refractivity contribution >= 4 is 40.8 Å². The molecule has 0 saturated heterocycles. The fraction of sp³-hybridized carbons (Fsp3) is 0.462. The van der Waals surface area contributed by atoms with Crippen LogP contribution in [-0.4, -0.2) is 18.7 Å². The Balaban J connectivity index is 1.97. The molecule has 0 aliphatic heterocycles. The summed E-state index contributed by atoms with van der Waals surface area (Å²) in [4.78, 5) is 11.8. The number of hydrogen-bond donors (Lipinski definition) is 0. The quantitative estimate of drug-likeness (QED) is 0.596. The predicted molar refractivity (Wildman–Crippen MR) is 75.2 cm³/mol. The van der Waals surface area contributed by atoms with Crippen LogP contribution in [0.25, 0.3) is 0 Å². The predicted octanol–water partition coefficient (Wildman–Crippen LogP) is 4.37. The van der Waals surface area contributed by atoms with E-state index in [1.807, 2.05) is 0 Å². The normalized spacial score (nSPS) is 16.2. The molecule has 1 aromatic rings. The van der Waals surface area contributed by atoms with Gasteiger partial charge in [0, 0.05) is 5.02 Å². The van der Waals surface area contributed by atoms with Crippen LogP contribution in [0.4, 0.5) is 0 Å². The number of halogens is 3. The molecule has 0 amide bonds. The van der Waals surface area contributed by atoms with Crippen molar-refractivity contribution in [2.45, 2.75) is 25.9 Å². The van der Waals surface area contributed by atoms with E-state index in [0.717, 1.165) is 12.8 Å². The summed E-state index contributed by atoms with van der Waals surface area (Å²) >= 11 is 17.6. The zero-order valence-corrected chi connectivity index (χ0v) is 12.6. The first-order chi connectivity index (χ1) is 8.97. The minimum atomic E-state index is -0.650. The minimum Gasteiger partial charge on any atom is -0.421 e. The summed E-state index contributed by atoms with van der Waals surface area (Å²) in [5.74, 6) is 0.171. The van der Waals surface area contributed by atoms with E-state index in [1.54, 1.807) is 6.92 Å². The van der Waals surface area contributed by atoms with Gasteiger partial charge >= 0.3 is 5.97 Å². The van der Waals surface area contributed by atoms with Crippen LogP contribution in [0.15, 0.2) is 12.1 Å². The van der Waals surface area contributed by atoms with Gasteiger partial charge in [-0.15, -0.1) is 0 Å². The van der Waals surface area contributed by atoms with Gasteiger partial charge in [-0.1, -0.05) is 34.8 Å². The topological polar surface area (TPSA) is 35.5 Å². The van der Waals surface area contributed by atoms with Gasteiger partial charge in [0.15, 0.2) is 11.9 Å². The Kier molecular flexibility index (Phi) is 4.96. The summed E-state index contributed by atoms with van der Waals surface area (Å²) in [5, 5.41) is 0.772. The Morgan fingerprint density at radius 2 is 1.89 bits per heavy atom. The third-order valence-corrected chi connectivity index (χ3v) is 3.56. The Morgan fingerprint density at radius 3 is 2.42 bits per heavy atom. The second-order valence-corrected chi connectivity index (χ2v) is 5.79. The molecule has 1 aliphatic carbocycles. The van der Waals surface area contributed by atoms with Crippen molar-refractivity contribution in [1.29, 1.82) is 0 Å². The molecule has 1 saturated carbocycles. The highest BCUT2D eigenvalue weighted by Crippen LogP contribution is 2.36. The number of rotatable bonds is 5. The van der Waals surface area contributed by atoms with Crippen molar-refractivity contribution in [3.05, 3.63) is 27.2 Å². The standard InChI is InChI=1S/C13H13Cl3O3/c1-7(18-6-8-2-3-8)13(17)19-12-10(15)4-9(14)5-11(12)16/h4-5,7-8H,2-3,6H2,1H3. The maximum Gasteiger partial charge on any atom is 0.340 e. The maximum atomic E-state index is 11.8. The number of esters is 1. The molecule has 0 heterocycles. The Bertz CT molecular complexity index is 463. The van der Waals surface area contributed by atoms with Crippen LogP contribution >= 0.6 is 34.8 Å². The van der Waals surface area contributed by atoms with E-state index in [0.29, 0.717) is 17.5 Å². The first kappa shape index (κ1) is 14.9. The third-order valence-electron chi connectivity index (χ3n) is 2.78. The van der Waals surface area contributed by atoms with Crippen molar-refractivity contribution in [2.24, 2.45) is 5.92 Å². The molecule has 0 radical (unpaired) electrons. The number of carbonyl (C=O) groups is 1. The number of ether oxygens (including phenoxy) is 2. The molecule has 0 aromatic heterocycles. The van der Waals surface area contributed by atoms with E-state index in [1.165, 1.54) is 12.1 Å². The molecule has 1 atom stereocenters. The van der Waals surface area contributed by atoms with E-state index in [4.69, 9.17) is 44.3 Å². The van der Waals surface area contributed by atoms with Crippen molar-refractivity contribution in [3.63, 3.8) is 0 Å². The minimum absolute atomic E-state index is 0.111. The van der Waals surface area contributed by atoms with Crippen LogP contribution in [0.2, 0.25) is 15.1 Å². The number of hydrogen-bond acceptors (Lipinski definition) is 3. The molecular weight excluding hydrogens is 310 g/mol. The highest BCUT2D eigenvalue weighted by atomic mass is 35.5. The second kappa shape index (κ2) is 6.31. The van der Waals surface area contributed by atoms with Crippen LogP contribution in [0.5, 0.6) is 5.75 Å². The van der Waals surface area contributed by atoms with Gasteiger partial charge in [-0.3, -0.25) is 0 Å². The molecule has 19 heavy (non-hydrogen) atoms. The zero-order chi connectivity index (χ0) is 14.0. The first-order valence-electron chi connectivity index (χ1n) is 5.95. The van der Waals surface area contributed by atoms with Crippen molar-refractivity contribution < 1.29 is 14.3 Å². The summed E-state index contributed by atoms with van der Waals surface area (Å²) in [5.41, 5.74) is 0. The average molecular weight is 324 g/mol. The smallest absolute Gasteiger partial charge is 0.340 e. The zero-order valence-electron chi connectivity index (χ0n) is 10.3. The highest BCUT2D eigenvalue weighted by molar-refractivity contribution is 6.40. The largest absolute Gasteiger partial charge is 0.421 e. The first-order valence-corrected chi connectivity index (χ1v) is 7.08. The number of carbonyl (C=O) groups excluding carboxylic acids is 1. The Morgan fingerprint density at radius 1 is 1.32 bits per heavy atom. The molecule has 2 rings (SSSR count).